The average Bonchev–Trinajstić information content (AvgIpc) is 3.65. The van der Waals surface area contributed by atoms with Gasteiger partial charge in [-0.3, -0.25) is 0 Å². The number of hydrogen-bond donors (Lipinski definition) is 1. The van der Waals surface area contributed by atoms with E-state index in [2.05, 4.69) is 158 Å². The summed E-state index contributed by atoms with van der Waals surface area (Å²) in [6, 6.07) is 35.6. The van der Waals surface area contributed by atoms with Crippen molar-refractivity contribution in [2.75, 3.05) is 6.26 Å². The van der Waals surface area contributed by atoms with Crippen LogP contribution in [0.25, 0.3) is 38.6 Å². The van der Waals surface area contributed by atoms with Crippen molar-refractivity contribution in [2.45, 2.75) is 37.0 Å². The second kappa shape index (κ2) is 10.7. The molecule has 2 nitrogen and oxygen atoms in total. The number of hydrogen-bond acceptors (Lipinski definition) is 1. The van der Waals surface area contributed by atoms with Crippen LogP contribution in [0.2, 0.25) is 0 Å². The maximum atomic E-state index is 3.71. The van der Waals surface area contributed by atoms with E-state index in [1.54, 1.807) is 0 Å². The first kappa shape index (κ1) is 25.3. The smallest absolute Gasteiger partial charge is 0.0669 e. The van der Waals surface area contributed by atoms with Gasteiger partial charge in [-0.05, 0) is 89.5 Å². The minimum absolute atomic E-state index is 0.405. The molecule has 2 atom stereocenters. The summed E-state index contributed by atoms with van der Waals surface area (Å²) in [6.07, 6.45) is 15.7. The maximum absolute atomic E-state index is 3.71. The molecule has 0 saturated carbocycles. The molecule has 4 aromatic carbocycles. The van der Waals surface area contributed by atoms with Crippen LogP contribution >= 0.6 is 10.0 Å². The molecule has 1 aliphatic rings. The molecule has 39 heavy (non-hydrogen) atoms. The van der Waals surface area contributed by atoms with Gasteiger partial charge in [-0.1, -0.05) is 91.9 Å². The van der Waals surface area contributed by atoms with E-state index in [1.165, 1.54) is 48.4 Å². The molecule has 1 aromatic heterocycles. The van der Waals surface area contributed by atoms with Crippen LogP contribution in [-0.2, 0) is 0 Å². The minimum Gasteiger partial charge on any atom is -0.380 e. The lowest BCUT2D eigenvalue weighted by Crippen LogP contribution is -2.27. The van der Waals surface area contributed by atoms with Crippen molar-refractivity contribution in [3.8, 4) is 16.8 Å². The molecule has 0 aliphatic carbocycles. The van der Waals surface area contributed by atoms with E-state index >= 15 is 0 Å². The Bertz CT molecular complexity index is 1720. The normalized spacial score (nSPS) is 18.0. The third-order valence-electron chi connectivity index (χ3n) is 8.03. The Kier molecular flexibility index (Phi) is 6.93. The summed E-state index contributed by atoms with van der Waals surface area (Å²) in [5.74, 6) is 0. The lowest BCUT2D eigenvalue weighted by atomic mass is 10.1. The van der Waals surface area contributed by atoms with Crippen molar-refractivity contribution in [3.05, 3.63) is 132 Å². The quantitative estimate of drug-likeness (QED) is 0.208. The maximum Gasteiger partial charge on any atom is 0.0669 e. The van der Waals surface area contributed by atoms with Gasteiger partial charge in [0.05, 0.1) is 16.4 Å². The number of fused-ring (bicyclic) bond motifs is 3. The molecule has 0 bridgehead atoms. The fourth-order valence-electron chi connectivity index (χ4n) is 5.97. The second-order valence-corrected chi connectivity index (χ2v) is 13.8. The van der Waals surface area contributed by atoms with Gasteiger partial charge in [0.15, 0.2) is 0 Å². The Balaban J connectivity index is 1.56. The summed E-state index contributed by atoms with van der Waals surface area (Å²) in [5.41, 5.74) is 6.15. The second-order valence-electron chi connectivity index (χ2n) is 10.2. The average molecular weight is 529 g/mol. The molecule has 1 N–H and O–H groups in total. The summed E-state index contributed by atoms with van der Waals surface area (Å²) in [7, 11) is -1.29. The van der Waals surface area contributed by atoms with Crippen molar-refractivity contribution in [3.63, 3.8) is 0 Å². The molecular formula is C36H36N2S. The fourth-order valence-corrected chi connectivity index (χ4v) is 9.49. The molecule has 5 aromatic rings. The van der Waals surface area contributed by atoms with E-state index in [0.29, 0.717) is 5.37 Å². The number of nitrogens with one attached hydrogen (secondary N) is 1. The highest BCUT2D eigenvalue weighted by atomic mass is 32.3. The summed E-state index contributed by atoms with van der Waals surface area (Å²) < 4.78 is 2.43. The van der Waals surface area contributed by atoms with Crippen LogP contribution in [0.3, 0.4) is 0 Å². The number of aromatic nitrogens is 1. The first-order valence-corrected chi connectivity index (χ1v) is 15.9. The van der Waals surface area contributed by atoms with E-state index in [1.807, 2.05) is 0 Å². The third kappa shape index (κ3) is 4.41. The third-order valence-corrected chi connectivity index (χ3v) is 12.2. The molecule has 6 rings (SSSR count). The topological polar surface area (TPSA) is 17.0 Å². The van der Waals surface area contributed by atoms with Gasteiger partial charge in [0.25, 0.3) is 0 Å². The SMILES string of the molecule is C/C=C\C=C(/CC)S(C)(c1ccc2c(c1)c1ccccc1n2-c1cccc(-c2ccccc2)c1)C1CC=CN1. The van der Waals surface area contributed by atoms with Crippen molar-refractivity contribution in [2.24, 2.45) is 0 Å². The summed E-state index contributed by atoms with van der Waals surface area (Å²) in [6.45, 7) is 4.40. The highest BCUT2D eigenvalue weighted by molar-refractivity contribution is 8.36. The molecule has 2 heterocycles. The number of allylic oxidation sites excluding steroid dienone is 4. The van der Waals surface area contributed by atoms with Gasteiger partial charge in [-0.25, -0.2) is 0 Å². The highest BCUT2D eigenvalue weighted by Crippen LogP contribution is 2.65. The number of nitrogens with zero attached hydrogens (tertiary/aromatic N) is 1. The van der Waals surface area contributed by atoms with Gasteiger partial charge in [-0.15, -0.1) is 0 Å². The molecular weight excluding hydrogens is 492 g/mol. The summed E-state index contributed by atoms with van der Waals surface area (Å²) >= 11 is 0. The van der Waals surface area contributed by atoms with Crippen LogP contribution in [0.15, 0.2) is 137 Å². The highest BCUT2D eigenvalue weighted by Gasteiger charge is 2.34. The number of rotatable bonds is 7. The van der Waals surface area contributed by atoms with Gasteiger partial charge < -0.3 is 9.88 Å². The molecule has 3 heteroatoms. The van der Waals surface area contributed by atoms with Gasteiger partial charge in [0.2, 0.25) is 0 Å². The Hall–Kier alpha value is -3.95. The van der Waals surface area contributed by atoms with E-state index < -0.39 is 10.0 Å². The minimum atomic E-state index is -1.29. The molecule has 1 aliphatic heterocycles. The Morgan fingerprint density at radius 2 is 1.64 bits per heavy atom. The zero-order valence-corrected chi connectivity index (χ0v) is 23.8. The van der Waals surface area contributed by atoms with Gasteiger partial charge >= 0.3 is 0 Å². The number of para-hydroxylation sites is 1. The van der Waals surface area contributed by atoms with Crippen LogP contribution in [0.4, 0.5) is 0 Å². The monoisotopic (exact) mass is 528 g/mol. The van der Waals surface area contributed by atoms with Crippen LogP contribution in [0, 0.1) is 0 Å². The molecule has 0 saturated heterocycles. The van der Waals surface area contributed by atoms with Crippen molar-refractivity contribution in [1.29, 1.82) is 0 Å². The van der Waals surface area contributed by atoms with Crippen LogP contribution < -0.4 is 5.32 Å². The summed E-state index contributed by atoms with van der Waals surface area (Å²) in [4.78, 5) is 2.97. The van der Waals surface area contributed by atoms with Crippen LogP contribution in [0.1, 0.15) is 26.7 Å². The molecule has 0 spiro atoms. The summed E-state index contributed by atoms with van der Waals surface area (Å²) in [5, 5.41) is 6.74. The molecule has 2 unspecified atom stereocenters. The van der Waals surface area contributed by atoms with Crippen LogP contribution in [-0.4, -0.2) is 16.2 Å². The molecule has 0 radical (unpaired) electrons. The van der Waals surface area contributed by atoms with E-state index in [-0.39, 0.29) is 0 Å². The number of benzene rings is 4. The predicted molar refractivity (Wildman–Crippen MR) is 172 cm³/mol. The van der Waals surface area contributed by atoms with Gasteiger partial charge in [0.1, 0.15) is 0 Å². The van der Waals surface area contributed by atoms with Crippen molar-refractivity contribution >= 4 is 31.8 Å². The van der Waals surface area contributed by atoms with Crippen molar-refractivity contribution < 1.29 is 0 Å². The van der Waals surface area contributed by atoms with Gasteiger partial charge in [-0.2, -0.15) is 10.0 Å². The predicted octanol–water partition coefficient (Wildman–Crippen LogP) is 9.95. The standard InChI is InChI=1S/C36H36N2S/c1-4-6-18-30(5-2)39(3,36-21-13-24-37-36)31-22-23-35-33(26-31)32-19-10-11-20-34(32)38(35)29-17-12-16-28(25-29)27-14-8-7-9-15-27/h4,6-20,22-26,36-37H,5,21H2,1-3H3/b6-4-,30-18+. The lowest BCUT2D eigenvalue weighted by molar-refractivity contribution is 0.833. The van der Waals surface area contributed by atoms with Crippen LogP contribution in [0.5, 0.6) is 0 Å². The van der Waals surface area contributed by atoms with E-state index in [0.717, 1.165) is 12.8 Å². The van der Waals surface area contributed by atoms with E-state index in [9.17, 15) is 0 Å². The van der Waals surface area contributed by atoms with Crippen molar-refractivity contribution in [1.82, 2.24) is 9.88 Å². The zero-order chi connectivity index (χ0) is 26.8. The Morgan fingerprint density at radius 1 is 0.872 bits per heavy atom. The first-order valence-electron chi connectivity index (χ1n) is 13.8. The first-order chi connectivity index (χ1) is 19.1. The van der Waals surface area contributed by atoms with E-state index in [4.69, 9.17) is 0 Å². The van der Waals surface area contributed by atoms with Gasteiger partial charge in [0, 0.05) is 16.5 Å². The Morgan fingerprint density at radius 3 is 2.41 bits per heavy atom. The Labute approximate surface area is 233 Å². The fraction of sp³-hybridized carbons (Fsp3) is 0.167. The zero-order valence-electron chi connectivity index (χ0n) is 23.0. The lowest BCUT2D eigenvalue weighted by Gasteiger charge is -2.44. The molecule has 0 fully saturated rings. The molecule has 196 valence electrons. The molecule has 0 amide bonds. The largest absolute Gasteiger partial charge is 0.380 e.